The van der Waals surface area contributed by atoms with Gasteiger partial charge < -0.3 is 10.2 Å². The number of rotatable bonds is 5. The third-order valence-electron chi connectivity index (χ3n) is 3.62. The first kappa shape index (κ1) is 16.8. The van der Waals surface area contributed by atoms with E-state index in [9.17, 15) is 4.79 Å². The Morgan fingerprint density at radius 2 is 2.14 bits per heavy atom. The van der Waals surface area contributed by atoms with Crippen LogP contribution in [0.3, 0.4) is 0 Å². The fourth-order valence-electron chi connectivity index (χ4n) is 2.39. The molecule has 0 bridgehead atoms. The topological polar surface area (TPSA) is 57.1 Å². The normalized spacial score (nSPS) is 18.9. The number of hydrogen-bond donors (Lipinski definition) is 1. The average Bonchev–Trinajstić information content (AvgIpc) is 2.85. The lowest BCUT2D eigenvalue weighted by molar-refractivity contribution is 0.0897. The lowest BCUT2D eigenvalue weighted by Gasteiger charge is -2.32. The zero-order valence-electron chi connectivity index (χ0n) is 12.8. The van der Waals surface area contributed by atoms with Crippen LogP contribution in [0.2, 0.25) is 5.02 Å². The molecule has 0 spiro atoms. The first-order chi connectivity index (χ1) is 10.5. The Labute approximate surface area is 140 Å². The number of hydrogen-bond acceptors (Lipinski definition) is 3. The van der Waals surface area contributed by atoms with Crippen molar-refractivity contribution in [2.24, 2.45) is 16.1 Å². The number of thiocarbonyl (C=S) groups is 1. The molecule has 7 heteroatoms. The Balaban J connectivity index is 2.20. The summed E-state index contributed by atoms with van der Waals surface area (Å²) in [5.41, 5.74) is 0.454. The highest BCUT2D eigenvalue weighted by Crippen LogP contribution is 2.22. The minimum absolute atomic E-state index is 0.172. The molecule has 0 saturated heterocycles. The first-order valence-corrected chi connectivity index (χ1v) is 8.01. The molecule has 2 unspecified atom stereocenters. The van der Waals surface area contributed by atoms with Crippen LogP contribution in [0, 0.1) is 5.92 Å². The van der Waals surface area contributed by atoms with E-state index in [1.54, 1.807) is 24.3 Å². The molecule has 2 atom stereocenters. The lowest BCUT2D eigenvalue weighted by Crippen LogP contribution is -2.52. The smallest absolute Gasteiger partial charge is 0.253 e. The molecule has 118 valence electrons. The highest BCUT2D eigenvalue weighted by Gasteiger charge is 2.35. The van der Waals surface area contributed by atoms with Gasteiger partial charge in [-0.1, -0.05) is 37.6 Å². The van der Waals surface area contributed by atoms with Crippen LogP contribution in [0.1, 0.15) is 31.1 Å². The molecule has 1 aliphatic rings. The zero-order valence-corrected chi connectivity index (χ0v) is 14.4. The van der Waals surface area contributed by atoms with E-state index < -0.39 is 0 Å². The molecule has 5 nitrogen and oxygen atoms in total. The second-order valence-electron chi connectivity index (χ2n) is 5.42. The van der Waals surface area contributed by atoms with Crippen LogP contribution in [0.15, 0.2) is 34.5 Å². The Kier molecular flexibility index (Phi) is 5.47. The fourth-order valence-corrected chi connectivity index (χ4v) is 2.90. The van der Waals surface area contributed by atoms with E-state index in [1.807, 2.05) is 25.7 Å². The molecular formula is C15H19ClN4OS. The monoisotopic (exact) mass is 338 g/mol. The van der Waals surface area contributed by atoms with Gasteiger partial charge in [0.2, 0.25) is 5.11 Å². The predicted molar refractivity (Wildman–Crippen MR) is 91.2 cm³/mol. The van der Waals surface area contributed by atoms with Crippen molar-refractivity contribution in [1.82, 2.24) is 10.2 Å². The van der Waals surface area contributed by atoms with Crippen molar-refractivity contribution >= 4 is 34.8 Å². The van der Waals surface area contributed by atoms with Crippen LogP contribution in [0.5, 0.6) is 0 Å². The molecule has 1 amide bonds. The molecule has 0 saturated carbocycles. The van der Waals surface area contributed by atoms with Crippen LogP contribution in [-0.4, -0.2) is 34.7 Å². The Hall–Kier alpha value is -1.53. The second kappa shape index (κ2) is 7.15. The van der Waals surface area contributed by atoms with E-state index in [0.29, 0.717) is 22.2 Å². The number of carbonyl (C=O) groups is 1. The van der Waals surface area contributed by atoms with Gasteiger partial charge >= 0.3 is 0 Å². The van der Waals surface area contributed by atoms with Crippen molar-refractivity contribution in [2.45, 2.75) is 33.0 Å². The van der Waals surface area contributed by atoms with Crippen molar-refractivity contribution in [3.05, 3.63) is 34.9 Å². The minimum Gasteiger partial charge on any atom is -0.345 e. The molecule has 1 aromatic rings. The van der Waals surface area contributed by atoms with E-state index in [4.69, 9.17) is 23.8 Å². The third kappa shape index (κ3) is 3.44. The molecule has 0 fully saturated rings. The number of amides is 1. The van der Waals surface area contributed by atoms with Crippen LogP contribution in [0.25, 0.3) is 0 Å². The molecule has 2 rings (SSSR count). The highest BCUT2D eigenvalue weighted by atomic mass is 35.5. The van der Waals surface area contributed by atoms with Gasteiger partial charge in [-0.25, -0.2) is 0 Å². The molecule has 0 aliphatic carbocycles. The Bertz CT molecular complexity index is 605. The van der Waals surface area contributed by atoms with Gasteiger partial charge in [0.05, 0.1) is 16.6 Å². The predicted octanol–water partition coefficient (Wildman–Crippen LogP) is 3.49. The zero-order chi connectivity index (χ0) is 16.3. The maximum Gasteiger partial charge on any atom is 0.253 e. The first-order valence-electron chi connectivity index (χ1n) is 7.22. The lowest BCUT2D eigenvalue weighted by atomic mass is 10.00. The average molecular weight is 339 g/mol. The fraction of sp³-hybridized carbons (Fsp3) is 0.467. The molecule has 1 aromatic carbocycles. The summed E-state index contributed by atoms with van der Waals surface area (Å²) in [7, 11) is 0. The minimum atomic E-state index is -0.274. The summed E-state index contributed by atoms with van der Waals surface area (Å²) in [4.78, 5) is 14.4. The van der Waals surface area contributed by atoms with Crippen molar-refractivity contribution in [3.63, 3.8) is 0 Å². The molecular weight excluding hydrogens is 320 g/mol. The van der Waals surface area contributed by atoms with Gasteiger partial charge in [-0.05, 0) is 37.2 Å². The summed E-state index contributed by atoms with van der Waals surface area (Å²) in [6.07, 6.45) is -0.274. The number of benzene rings is 1. The SMILES string of the molecule is CCN1C(=S)N=NC1C(NC(=O)c1ccccc1Cl)C(C)C. The number of halogens is 1. The third-order valence-corrected chi connectivity index (χ3v) is 4.27. The van der Waals surface area contributed by atoms with Crippen LogP contribution in [-0.2, 0) is 0 Å². The summed E-state index contributed by atoms with van der Waals surface area (Å²) in [5, 5.41) is 12.1. The van der Waals surface area contributed by atoms with Gasteiger partial charge in [0.15, 0.2) is 6.17 Å². The number of likely N-dealkylation sites (N-methyl/N-ethyl adjacent to an activating group) is 1. The Morgan fingerprint density at radius 1 is 1.45 bits per heavy atom. The summed E-state index contributed by atoms with van der Waals surface area (Å²) in [6.45, 7) is 6.75. The van der Waals surface area contributed by atoms with Gasteiger partial charge in [0.1, 0.15) is 0 Å². The number of carbonyl (C=O) groups excluding carboxylic acids is 1. The highest BCUT2D eigenvalue weighted by molar-refractivity contribution is 7.80. The van der Waals surface area contributed by atoms with Gasteiger partial charge in [-0.3, -0.25) is 4.79 Å². The van der Waals surface area contributed by atoms with E-state index in [-0.39, 0.29) is 24.0 Å². The van der Waals surface area contributed by atoms with E-state index in [2.05, 4.69) is 15.5 Å². The second-order valence-corrected chi connectivity index (χ2v) is 6.19. The quantitative estimate of drug-likeness (QED) is 0.836. The Morgan fingerprint density at radius 3 is 2.73 bits per heavy atom. The molecule has 0 radical (unpaired) electrons. The summed E-state index contributed by atoms with van der Waals surface area (Å²) in [5.74, 6) is -0.0429. The van der Waals surface area contributed by atoms with Gasteiger partial charge in [0.25, 0.3) is 5.91 Å². The van der Waals surface area contributed by atoms with Crippen molar-refractivity contribution in [3.8, 4) is 0 Å². The number of nitrogens with zero attached hydrogens (tertiary/aromatic N) is 3. The molecule has 22 heavy (non-hydrogen) atoms. The maximum absolute atomic E-state index is 12.5. The van der Waals surface area contributed by atoms with E-state index in [1.165, 1.54) is 0 Å². The van der Waals surface area contributed by atoms with Crippen LogP contribution >= 0.6 is 23.8 Å². The van der Waals surface area contributed by atoms with E-state index >= 15 is 0 Å². The summed E-state index contributed by atoms with van der Waals surface area (Å²) in [6, 6.07) is 6.78. The molecule has 1 N–H and O–H groups in total. The van der Waals surface area contributed by atoms with Gasteiger partial charge in [0, 0.05) is 6.54 Å². The molecule has 0 aromatic heterocycles. The van der Waals surface area contributed by atoms with Crippen LogP contribution < -0.4 is 5.32 Å². The number of azo groups is 1. The maximum atomic E-state index is 12.5. The molecule has 1 aliphatic heterocycles. The van der Waals surface area contributed by atoms with Crippen molar-refractivity contribution in [1.29, 1.82) is 0 Å². The molecule has 1 heterocycles. The van der Waals surface area contributed by atoms with Crippen molar-refractivity contribution < 1.29 is 4.79 Å². The largest absolute Gasteiger partial charge is 0.345 e. The van der Waals surface area contributed by atoms with Gasteiger partial charge in [-0.15, -0.1) is 5.11 Å². The van der Waals surface area contributed by atoms with Gasteiger partial charge in [-0.2, -0.15) is 5.11 Å². The van der Waals surface area contributed by atoms with Crippen LogP contribution in [0.4, 0.5) is 0 Å². The van der Waals surface area contributed by atoms with Crippen molar-refractivity contribution in [2.75, 3.05) is 6.54 Å². The number of nitrogens with one attached hydrogen (secondary N) is 1. The summed E-state index contributed by atoms with van der Waals surface area (Å²) < 4.78 is 0. The van der Waals surface area contributed by atoms with E-state index in [0.717, 1.165) is 0 Å². The standard InChI is InChI=1S/C15H19ClN4OS/c1-4-20-13(18-19-15(20)22)12(9(2)3)17-14(21)10-7-5-6-8-11(10)16/h5-9,12-13H,4H2,1-3H3,(H,17,21). The summed E-state index contributed by atoms with van der Waals surface area (Å²) >= 11 is 11.3.